The number of aromatic nitrogens is 3. The molecule has 0 aliphatic heterocycles. The number of rotatable bonds is 2. The first-order chi connectivity index (χ1) is 6.84. The summed E-state index contributed by atoms with van der Waals surface area (Å²) in [6.07, 6.45) is 3.67. The molecule has 0 radical (unpaired) electrons. The Hall–Kier alpha value is -1.49. The van der Waals surface area contributed by atoms with Gasteiger partial charge in [-0.3, -0.25) is 15.1 Å². The summed E-state index contributed by atoms with van der Waals surface area (Å²) in [5.41, 5.74) is 4.01. The van der Waals surface area contributed by atoms with Crippen LogP contribution in [0.4, 0.5) is 0 Å². The Morgan fingerprint density at radius 2 is 2.43 bits per heavy atom. The fourth-order valence-electron chi connectivity index (χ4n) is 1.12. The summed E-state index contributed by atoms with van der Waals surface area (Å²) in [6, 6.07) is 2.08. The Morgan fingerprint density at radius 3 is 3.14 bits per heavy atom. The Kier molecular flexibility index (Phi) is 2.69. The smallest absolute Gasteiger partial charge is 0.200 e. The molecule has 0 unspecified atom stereocenters. The van der Waals surface area contributed by atoms with Crippen LogP contribution >= 0.6 is 11.3 Å². The maximum absolute atomic E-state index is 4.34. The van der Waals surface area contributed by atoms with Crippen molar-refractivity contribution < 1.29 is 0 Å². The summed E-state index contributed by atoms with van der Waals surface area (Å²) in [5, 5.41) is 6.64. The van der Waals surface area contributed by atoms with Crippen molar-refractivity contribution in [2.24, 2.45) is 4.99 Å². The normalized spacial score (nSPS) is 11.9. The Bertz CT molecular complexity index is 455. The van der Waals surface area contributed by atoms with E-state index in [-0.39, 0.29) is 0 Å². The minimum Gasteiger partial charge on any atom is -0.264 e. The number of aromatic amines is 1. The maximum Gasteiger partial charge on any atom is 0.200 e. The SMILES string of the molecule is Cc1cncc(CN=c2[nH]ncs2)c1. The number of hydrogen-bond donors (Lipinski definition) is 1. The van der Waals surface area contributed by atoms with Gasteiger partial charge in [-0.15, -0.1) is 0 Å². The summed E-state index contributed by atoms with van der Waals surface area (Å²) < 4.78 is 0. The number of pyridine rings is 1. The van der Waals surface area contributed by atoms with Crippen molar-refractivity contribution >= 4 is 11.3 Å². The first kappa shape index (κ1) is 9.08. The molecule has 2 heterocycles. The van der Waals surface area contributed by atoms with Crippen LogP contribution in [0.2, 0.25) is 0 Å². The van der Waals surface area contributed by atoms with Crippen LogP contribution in [0.3, 0.4) is 0 Å². The van der Waals surface area contributed by atoms with E-state index in [1.807, 2.05) is 19.3 Å². The third-order valence-corrected chi connectivity index (χ3v) is 2.37. The molecule has 0 aromatic carbocycles. The quantitative estimate of drug-likeness (QED) is 0.804. The van der Waals surface area contributed by atoms with E-state index in [2.05, 4.69) is 26.2 Å². The summed E-state index contributed by atoms with van der Waals surface area (Å²) in [4.78, 5) is 9.28. The van der Waals surface area contributed by atoms with E-state index < -0.39 is 0 Å². The lowest BCUT2D eigenvalue weighted by Crippen LogP contribution is -1.99. The molecule has 0 spiro atoms. The van der Waals surface area contributed by atoms with Crippen molar-refractivity contribution in [1.82, 2.24) is 15.2 Å². The highest BCUT2D eigenvalue weighted by atomic mass is 32.1. The number of hydrogen-bond acceptors (Lipinski definition) is 4. The minimum atomic E-state index is 0.646. The predicted octanol–water partition coefficient (Wildman–Crippen LogP) is 1.28. The van der Waals surface area contributed by atoms with Crippen LogP contribution in [0, 0.1) is 6.92 Å². The third-order valence-electron chi connectivity index (χ3n) is 1.71. The van der Waals surface area contributed by atoms with Gasteiger partial charge in [0.1, 0.15) is 5.51 Å². The highest BCUT2D eigenvalue weighted by Crippen LogP contribution is 2.01. The van der Waals surface area contributed by atoms with Gasteiger partial charge in [-0.05, 0) is 18.1 Å². The van der Waals surface area contributed by atoms with Crippen molar-refractivity contribution in [3.8, 4) is 0 Å². The van der Waals surface area contributed by atoms with Crippen LogP contribution in [0.15, 0.2) is 29.0 Å². The lowest BCUT2D eigenvalue weighted by Gasteiger charge is -1.95. The van der Waals surface area contributed by atoms with E-state index in [1.165, 1.54) is 11.3 Å². The molecule has 14 heavy (non-hydrogen) atoms. The average molecular weight is 206 g/mol. The molecule has 0 atom stereocenters. The zero-order chi connectivity index (χ0) is 9.80. The fraction of sp³-hybridized carbons (Fsp3) is 0.222. The van der Waals surface area contributed by atoms with Crippen LogP contribution in [0.1, 0.15) is 11.1 Å². The second kappa shape index (κ2) is 4.15. The van der Waals surface area contributed by atoms with Crippen molar-refractivity contribution in [3.05, 3.63) is 39.9 Å². The summed E-state index contributed by atoms with van der Waals surface area (Å²) in [5.74, 6) is 0. The molecule has 1 N–H and O–H groups in total. The van der Waals surface area contributed by atoms with Crippen LogP contribution in [0.5, 0.6) is 0 Å². The highest BCUT2D eigenvalue weighted by molar-refractivity contribution is 7.06. The van der Waals surface area contributed by atoms with Crippen LogP contribution < -0.4 is 4.80 Å². The molecule has 2 rings (SSSR count). The van der Waals surface area contributed by atoms with Crippen molar-refractivity contribution in [2.75, 3.05) is 0 Å². The molecule has 0 aliphatic carbocycles. The Labute approximate surface area is 85.4 Å². The average Bonchev–Trinajstić information content (AvgIpc) is 2.67. The zero-order valence-electron chi connectivity index (χ0n) is 7.77. The Morgan fingerprint density at radius 1 is 1.50 bits per heavy atom. The maximum atomic E-state index is 4.34. The van der Waals surface area contributed by atoms with Crippen molar-refractivity contribution in [1.29, 1.82) is 0 Å². The number of aryl methyl sites for hydroxylation is 1. The van der Waals surface area contributed by atoms with Crippen LogP contribution in [0.25, 0.3) is 0 Å². The van der Waals surface area contributed by atoms with Gasteiger partial charge < -0.3 is 0 Å². The van der Waals surface area contributed by atoms with Crippen LogP contribution in [-0.4, -0.2) is 15.2 Å². The molecule has 0 saturated carbocycles. The topological polar surface area (TPSA) is 53.9 Å². The number of nitrogens with one attached hydrogen (secondary N) is 1. The van der Waals surface area contributed by atoms with Gasteiger partial charge in [0.2, 0.25) is 0 Å². The van der Waals surface area contributed by atoms with E-state index >= 15 is 0 Å². The summed E-state index contributed by atoms with van der Waals surface area (Å²) >= 11 is 1.49. The van der Waals surface area contributed by atoms with E-state index in [1.54, 1.807) is 5.51 Å². The summed E-state index contributed by atoms with van der Waals surface area (Å²) in [7, 11) is 0. The molecule has 0 bridgehead atoms. The monoisotopic (exact) mass is 206 g/mol. The van der Waals surface area contributed by atoms with Gasteiger partial charge >= 0.3 is 0 Å². The van der Waals surface area contributed by atoms with Gasteiger partial charge in [-0.25, -0.2) is 0 Å². The zero-order valence-corrected chi connectivity index (χ0v) is 8.58. The Balaban J connectivity index is 2.16. The first-order valence-corrected chi connectivity index (χ1v) is 5.12. The van der Waals surface area contributed by atoms with Crippen molar-refractivity contribution in [3.63, 3.8) is 0 Å². The largest absolute Gasteiger partial charge is 0.264 e. The minimum absolute atomic E-state index is 0.646. The second-order valence-corrected chi connectivity index (χ2v) is 3.79. The lowest BCUT2D eigenvalue weighted by molar-refractivity contribution is 0.937. The number of H-pyrrole nitrogens is 1. The van der Waals surface area contributed by atoms with Gasteiger partial charge in [-0.1, -0.05) is 17.4 Å². The van der Waals surface area contributed by atoms with Crippen LogP contribution in [-0.2, 0) is 6.54 Å². The molecule has 2 aromatic rings. The van der Waals surface area contributed by atoms with E-state index in [0.717, 1.165) is 15.9 Å². The molecule has 72 valence electrons. The van der Waals surface area contributed by atoms with Gasteiger partial charge in [0.25, 0.3) is 0 Å². The van der Waals surface area contributed by atoms with E-state index in [4.69, 9.17) is 0 Å². The third kappa shape index (κ3) is 2.26. The molecule has 5 heteroatoms. The molecule has 0 fully saturated rings. The van der Waals surface area contributed by atoms with E-state index in [9.17, 15) is 0 Å². The predicted molar refractivity (Wildman–Crippen MR) is 54.7 cm³/mol. The standard InChI is InChI=1S/C9H10N4S/c1-7-2-8(4-10-3-7)5-11-9-13-12-6-14-9/h2-4,6H,5H2,1H3,(H,11,13). The van der Waals surface area contributed by atoms with Gasteiger partial charge in [-0.2, -0.15) is 5.10 Å². The fourth-order valence-corrected chi connectivity index (χ4v) is 1.57. The summed E-state index contributed by atoms with van der Waals surface area (Å²) in [6.45, 7) is 2.67. The molecular weight excluding hydrogens is 196 g/mol. The molecule has 0 aliphatic rings. The molecule has 0 amide bonds. The van der Waals surface area contributed by atoms with Crippen molar-refractivity contribution in [2.45, 2.75) is 13.5 Å². The number of nitrogens with zero attached hydrogens (tertiary/aromatic N) is 3. The lowest BCUT2D eigenvalue weighted by atomic mass is 10.2. The van der Waals surface area contributed by atoms with Gasteiger partial charge in [0, 0.05) is 12.4 Å². The van der Waals surface area contributed by atoms with Gasteiger partial charge in [0.05, 0.1) is 6.54 Å². The van der Waals surface area contributed by atoms with E-state index in [0.29, 0.717) is 6.54 Å². The molecular formula is C9H10N4S. The second-order valence-electron chi connectivity index (χ2n) is 2.96. The molecule has 2 aromatic heterocycles. The molecule has 0 saturated heterocycles. The highest BCUT2D eigenvalue weighted by Gasteiger charge is 1.91. The molecule has 4 nitrogen and oxygen atoms in total. The first-order valence-electron chi connectivity index (χ1n) is 4.24. The van der Waals surface area contributed by atoms with Gasteiger partial charge in [0.15, 0.2) is 4.80 Å².